The van der Waals surface area contributed by atoms with Gasteiger partial charge in [0.2, 0.25) is 0 Å². The minimum absolute atomic E-state index is 0.0451. The molecular formula is C15H19N3O4S. The fraction of sp³-hybridized carbons (Fsp3) is 0.333. The van der Waals surface area contributed by atoms with E-state index < -0.39 is 16.0 Å². The molecule has 8 heteroatoms. The highest BCUT2D eigenvalue weighted by molar-refractivity contribution is 7.89. The van der Waals surface area contributed by atoms with E-state index in [1.807, 2.05) is 6.07 Å². The van der Waals surface area contributed by atoms with Crippen molar-refractivity contribution in [1.29, 1.82) is 0 Å². The number of hydrogen-bond acceptors (Lipinski definition) is 4. The third-order valence-electron chi connectivity index (χ3n) is 3.54. The van der Waals surface area contributed by atoms with Crippen molar-refractivity contribution in [1.82, 2.24) is 14.3 Å². The lowest BCUT2D eigenvalue weighted by Crippen LogP contribution is -2.25. The molecule has 0 aliphatic carbocycles. The van der Waals surface area contributed by atoms with E-state index in [4.69, 9.17) is 5.11 Å². The summed E-state index contributed by atoms with van der Waals surface area (Å²) in [5.74, 6) is -0.247. The molecule has 1 heterocycles. The Kier molecular flexibility index (Phi) is 5.17. The lowest BCUT2D eigenvalue weighted by molar-refractivity contribution is -0.136. The normalized spacial score (nSPS) is 11.6. The van der Waals surface area contributed by atoms with Crippen LogP contribution in [0.5, 0.6) is 0 Å². The molecule has 0 unspecified atom stereocenters. The van der Waals surface area contributed by atoms with E-state index in [0.29, 0.717) is 12.2 Å². The van der Waals surface area contributed by atoms with Gasteiger partial charge in [0.1, 0.15) is 5.82 Å². The summed E-state index contributed by atoms with van der Waals surface area (Å²) < 4.78 is 28.6. The Labute approximate surface area is 135 Å². The molecule has 0 fully saturated rings. The lowest BCUT2D eigenvalue weighted by atomic mass is 10.1. The van der Waals surface area contributed by atoms with Crippen LogP contribution in [-0.2, 0) is 34.8 Å². The number of sulfonamides is 1. The largest absolute Gasteiger partial charge is 0.481 e. The van der Waals surface area contributed by atoms with Gasteiger partial charge in [0.15, 0.2) is 5.03 Å². The number of nitrogens with zero attached hydrogens (tertiary/aromatic N) is 2. The first kappa shape index (κ1) is 17.2. The number of hydrogen-bond donors (Lipinski definition) is 2. The van der Waals surface area contributed by atoms with Gasteiger partial charge in [-0.15, -0.1) is 0 Å². The number of aliphatic carboxylic acids is 1. The van der Waals surface area contributed by atoms with E-state index in [-0.39, 0.29) is 18.0 Å². The second kappa shape index (κ2) is 6.93. The average Bonchev–Trinajstić information content (AvgIpc) is 2.84. The van der Waals surface area contributed by atoms with Gasteiger partial charge in [0, 0.05) is 20.0 Å². The first-order chi connectivity index (χ1) is 10.8. The highest BCUT2D eigenvalue weighted by atomic mass is 32.2. The summed E-state index contributed by atoms with van der Waals surface area (Å²) in [5, 5.41) is 8.82. The maximum atomic E-state index is 12.3. The Morgan fingerprint density at radius 3 is 2.65 bits per heavy atom. The molecule has 0 saturated heterocycles. The number of rotatable bonds is 7. The molecule has 7 nitrogen and oxygen atoms in total. The number of aromatic nitrogens is 2. The lowest BCUT2D eigenvalue weighted by Gasteiger charge is -2.09. The predicted molar refractivity (Wildman–Crippen MR) is 84.4 cm³/mol. The van der Waals surface area contributed by atoms with Gasteiger partial charge in [-0.2, -0.15) is 0 Å². The zero-order chi connectivity index (χ0) is 17.0. The molecule has 0 saturated carbocycles. The fourth-order valence-corrected chi connectivity index (χ4v) is 3.32. The van der Waals surface area contributed by atoms with Crippen molar-refractivity contribution in [3.63, 3.8) is 0 Å². The maximum Gasteiger partial charge on any atom is 0.303 e. The summed E-state index contributed by atoms with van der Waals surface area (Å²) in [4.78, 5) is 14.6. The van der Waals surface area contributed by atoms with E-state index in [1.54, 1.807) is 32.2 Å². The third-order valence-corrected chi connectivity index (χ3v) is 4.99. The quantitative estimate of drug-likeness (QED) is 0.791. The number of carbonyl (C=O) groups is 1. The van der Waals surface area contributed by atoms with Crippen molar-refractivity contribution in [2.24, 2.45) is 7.05 Å². The molecule has 2 aromatic rings. The second-order valence-corrected chi connectivity index (χ2v) is 6.95. The van der Waals surface area contributed by atoms with Crippen LogP contribution in [0.2, 0.25) is 0 Å². The SMILES string of the molecule is Cc1ncc(S(=O)(=O)NCc2cccc(CCC(=O)O)c2)n1C. The Morgan fingerprint density at radius 1 is 1.35 bits per heavy atom. The summed E-state index contributed by atoms with van der Waals surface area (Å²) in [6.45, 7) is 1.86. The van der Waals surface area contributed by atoms with E-state index in [2.05, 4.69) is 9.71 Å². The van der Waals surface area contributed by atoms with Gasteiger partial charge in [-0.05, 0) is 24.5 Å². The van der Waals surface area contributed by atoms with Crippen LogP contribution >= 0.6 is 0 Å². The van der Waals surface area contributed by atoms with E-state index in [0.717, 1.165) is 11.1 Å². The third kappa shape index (κ3) is 4.40. The summed E-state index contributed by atoms with van der Waals surface area (Å²) in [6.07, 6.45) is 1.78. The van der Waals surface area contributed by atoms with Crippen molar-refractivity contribution in [2.45, 2.75) is 31.3 Å². The summed E-state index contributed by atoms with van der Waals surface area (Å²) in [7, 11) is -2.01. The van der Waals surface area contributed by atoms with Crippen molar-refractivity contribution >= 4 is 16.0 Å². The highest BCUT2D eigenvalue weighted by Gasteiger charge is 2.19. The molecule has 2 N–H and O–H groups in total. The molecule has 124 valence electrons. The standard InChI is InChI=1S/C15H19N3O4S/c1-11-16-10-14(18(11)2)23(21,22)17-9-13-5-3-4-12(8-13)6-7-15(19)20/h3-5,8,10,17H,6-7,9H2,1-2H3,(H,19,20). The monoisotopic (exact) mass is 337 g/mol. The van der Waals surface area contributed by atoms with E-state index in [9.17, 15) is 13.2 Å². The molecule has 0 spiro atoms. The number of imidazole rings is 1. The van der Waals surface area contributed by atoms with Crippen LogP contribution < -0.4 is 4.72 Å². The van der Waals surface area contributed by atoms with Gasteiger partial charge < -0.3 is 9.67 Å². The molecular weight excluding hydrogens is 318 g/mol. The molecule has 1 aromatic heterocycles. The van der Waals surface area contributed by atoms with Gasteiger partial charge >= 0.3 is 5.97 Å². The van der Waals surface area contributed by atoms with Gasteiger partial charge in [-0.25, -0.2) is 18.1 Å². The summed E-state index contributed by atoms with van der Waals surface area (Å²) >= 11 is 0. The van der Waals surface area contributed by atoms with Crippen LogP contribution in [0, 0.1) is 6.92 Å². The van der Waals surface area contributed by atoms with Crippen LogP contribution in [0.3, 0.4) is 0 Å². The second-order valence-electron chi connectivity index (χ2n) is 5.24. The van der Waals surface area contributed by atoms with Gasteiger partial charge in [0.05, 0.1) is 6.20 Å². The van der Waals surface area contributed by atoms with Crippen LogP contribution in [0.25, 0.3) is 0 Å². The topological polar surface area (TPSA) is 101 Å². The Bertz CT molecular complexity index is 812. The maximum absolute atomic E-state index is 12.3. The number of carboxylic acids is 1. The zero-order valence-electron chi connectivity index (χ0n) is 13.0. The minimum Gasteiger partial charge on any atom is -0.481 e. The average molecular weight is 337 g/mol. The smallest absolute Gasteiger partial charge is 0.303 e. The molecule has 23 heavy (non-hydrogen) atoms. The highest BCUT2D eigenvalue weighted by Crippen LogP contribution is 2.12. The Hall–Kier alpha value is -2.19. The fourth-order valence-electron chi connectivity index (χ4n) is 2.13. The first-order valence-electron chi connectivity index (χ1n) is 7.07. The molecule has 0 aliphatic rings. The summed E-state index contributed by atoms with van der Waals surface area (Å²) in [5.41, 5.74) is 1.64. The van der Waals surface area contributed by atoms with E-state index in [1.165, 1.54) is 10.8 Å². The number of nitrogens with one attached hydrogen (secondary N) is 1. The van der Waals surface area contributed by atoms with Gasteiger partial charge in [-0.1, -0.05) is 24.3 Å². The molecule has 0 amide bonds. The first-order valence-corrected chi connectivity index (χ1v) is 8.55. The minimum atomic E-state index is -3.65. The van der Waals surface area contributed by atoms with Crippen molar-refractivity contribution in [2.75, 3.05) is 0 Å². The van der Waals surface area contributed by atoms with Crippen molar-refractivity contribution in [3.8, 4) is 0 Å². The molecule has 0 atom stereocenters. The van der Waals surface area contributed by atoms with Crippen LogP contribution in [0.4, 0.5) is 0 Å². The zero-order valence-corrected chi connectivity index (χ0v) is 13.8. The predicted octanol–water partition coefficient (Wildman–Crippen LogP) is 1.22. The van der Waals surface area contributed by atoms with Crippen LogP contribution in [0.15, 0.2) is 35.5 Å². The van der Waals surface area contributed by atoms with Crippen molar-refractivity contribution in [3.05, 3.63) is 47.4 Å². The van der Waals surface area contributed by atoms with E-state index >= 15 is 0 Å². The molecule has 2 rings (SSSR count). The van der Waals surface area contributed by atoms with Gasteiger partial charge in [0.25, 0.3) is 10.0 Å². The van der Waals surface area contributed by atoms with Crippen LogP contribution in [0.1, 0.15) is 23.4 Å². The van der Waals surface area contributed by atoms with Gasteiger partial charge in [-0.3, -0.25) is 4.79 Å². The van der Waals surface area contributed by atoms with Crippen LogP contribution in [-0.4, -0.2) is 29.0 Å². The number of carboxylic acid groups (broad SMARTS) is 1. The Balaban J connectivity index is 2.07. The molecule has 0 radical (unpaired) electrons. The molecule has 0 aliphatic heterocycles. The number of benzene rings is 1. The summed E-state index contributed by atoms with van der Waals surface area (Å²) in [6, 6.07) is 7.21. The Morgan fingerprint density at radius 2 is 2.04 bits per heavy atom. The van der Waals surface area contributed by atoms with Crippen molar-refractivity contribution < 1.29 is 18.3 Å². The molecule has 1 aromatic carbocycles. The molecule has 0 bridgehead atoms. The number of aryl methyl sites for hydroxylation is 2.